The van der Waals surface area contributed by atoms with E-state index in [9.17, 15) is 0 Å². The van der Waals surface area contributed by atoms with E-state index in [1.165, 1.54) is 22.7 Å². The van der Waals surface area contributed by atoms with Crippen molar-refractivity contribution in [1.29, 1.82) is 0 Å². The molecule has 2 aliphatic heterocycles. The molecule has 0 spiro atoms. The van der Waals surface area contributed by atoms with Crippen LogP contribution in [-0.4, -0.2) is 67.2 Å². The van der Waals surface area contributed by atoms with Crippen molar-refractivity contribution in [1.82, 2.24) is 19.9 Å². The van der Waals surface area contributed by atoms with Gasteiger partial charge in [0.2, 0.25) is 0 Å². The minimum atomic E-state index is 0.502. The Hall–Kier alpha value is -2.35. The van der Waals surface area contributed by atoms with Gasteiger partial charge in [-0.25, -0.2) is 0 Å². The second-order valence-electron chi connectivity index (χ2n) is 6.97. The number of anilines is 4. The second-order valence-corrected chi connectivity index (χ2v) is 9.39. The Kier molecular flexibility index (Phi) is 5.03. The van der Waals surface area contributed by atoms with Crippen LogP contribution in [0.2, 0.25) is 10.6 Å². The molecule has 5 rings (SSSR count). The maximum atomic E-state index is 5.43. The molecule has 2 fully saturated rings. The van der Waals surface area contributed by atoms with Gasteiger partial charge in [0, 0.05) is 13.1 Å². The molecule has 146 valence electrons. The molecule has 1 aromatic carbocycles. The summed E-state index contributed by atoms with van der Waals surface area (Å²) in [5, 5.41) is 9.49. The molecular weight excluding hydrogens is 421 g/mol. The van der Waals surface area contributed by atoms with Crippen molar-refractivity contribution in [2.24, 2.45) is 0 Å². The van der Waals surface area contributed by atoms with Crippen molar-refractivity contribution in [2.45, 2.75) is 23.1 Å². The summed E-state index contributed by atoms with van der Waals surface area (Å²) in [6.45, 7) is 3.44. The summed E-state index contributed by atoms with van der Waals surface area (Å²) >= 11 is 0.751. The van der Waals surface area contributed by atoms with Crippen LogP contribution in [0.1, 0.15) is 6.42 Å². The third kappa shape index (κ3) is 3.78. The second kappa shape index (κ2) is 7.95. The first-order chi connectivity index (χ1) is 13.8. The molecule has 28 heavy (non-hydrogen) atoms. The van der Waals surface area contributed by atoms with E-state index < -0.39 is 0 Å². The van der Waals surface area contributed by atoms with E-state index in [1.54, 1.807) is 6.33 Å². The number of fused-ring (bicyclic) bond motifs is 1. The van der Waals surface area contributed by atoms with Gasteiger partial charge in [-0.05, 0) is 0 Å². The van der Waals surface area contributed by atoms with Gasteiger partial charge in [-0.1, -0.05) is 0 Å². The molecule has 2 aromatic heterocycles. The SMILES string of the molecule is c1nc2nc(Nc3ccc(N4CCOCC4)cc3)nc(NC3CC[Se]C3)c2[nH]1. The van der Waals surface area contributed by atoms with Crippen LogP contribution in [0.25, 0.3) is 11.2 Å². The van der Waals surface area contributed by atoms with Crippen molar-refractivity contribution in [3.05, 3.63) is 30.6 Å². The number of hydrogen-bond donors (Lipinski definition) is 3. The van der Waals surface area contributed by atoms with Crippen molar-refractivity contribution in [2.75, 3.05) is 41.8 Å². The predicted molar refractivity (Wildman–Crippen MR) is 112 cm³/mol. The summed E-state index contributed by atoms with van der Waals surface area (Å²) in [6.07, 6.45) is 2.88. The van der Waals surface area contributed by atoms with E-state index in [0.717, 1.165) is 58.3 Å². The van der Waals surface area contributed by atoms with Crippen LogP contribution in [0, 0.1) is 0 Å². The number of nitrogens with one attached hydrogen (secondary N) is 3. The van der Waals surface area contributed by atoms with Crippen LogP contribution in [0.4, 0.5) is 23.1 Å². The van der Waals surface area contributed by atoms with E-state index in [-0.39, 0.29) is 0 Å². The first-order valence-corrected chi connectivity index (χ1v) is 12.0. The summed E-state index contributed by atoms with van der Waals surface area (Å²) in [4.78, 5) is 19.1. The standard InChI is InChI=1S/C19H23N7OSe/c1-3-15(26-6-8-27-9-7-26)4-2-13(1)23-19-24-17-16(20-12-21-17)18(25-19)22-14-5-10-28-11-14/h1-4,12,14H,5-11H2,(H3,20,21,22,23,24,25). The summed E-state index contributed by atoms with van der Waals surface area (Å²) in [5.41, 5.74) is 3.71. The van der Waals surface area contributed by atoms with Gasteiger partial charge in [-0.2, -0.15) is 0 Å². The number of nitrogens with zero attached hydrogens (tertiary/aromatic N) is 4. The maximum absolute atomic E-state index is 5.43. The fourth-order valence-electron chi connectivity index (χ4n) is 3.54. The molecule has 0 bridgehead atoms. The zero-order valence-corrected chi connectivity index (χ0v) is 17.2. The number of imidazole rings is 1. The zero-order chi connectivity index (χ0) is 18.8. The molecule has 1 unspecified atom stereocenters. The number of ether oxygens (including phenoxy) is 1. The van der Waals surface area contributed by atoms with Gasteiger partial charge < -0.3 is 4.74 Å². The Morgan fingerprint density at radius 3 is 2.79 bits per heavy atom. The molecule has 3 N–H and O–H groups in total. The Bertz CT molecular complexity index is 933. The van der Waals surface area contributed by atoms with Gasteiger partial charge >= 0.3 is 138 Å². The molecule has 4 heterocycles. The van der Waals surface area contributed by atoms with Gasteiger partial charge in [-0.15, -0.1) is 0 Å². The van der Waals surface area contributed by atoms with Gasteiger partial charge in [0.15, 0.2) is 0 Å². The first-order valence-electron chi connectivity index (χ1n) is 9.60. The van der Waals surface area contributed by atoms with Crippen LogP contribution in [0.5, 0.6) is 0 Å². The zero-order valence-electron chi connectivity index (χ0n) is 15.5. The Morgan fingerprint density at radius 2 is 2.00 bits per heavy atom. The average Bonchev–Trinajstić information content (AvgIpc) is 3.41. The summed E-state index contributed by atoms with van der Waals surface area (Å²) in [5.74, 6) is 1.39. The summed E-state index contributed by atoms with van der Waals surface area (Å²) in [6, 6.07) is 8.88. The van der Waals surface area contributed by atoms with Crippen molar-refractivity contribution >= 4 is 49.3 Å². The molecule has 2 saturated heterocycles. The predicted octanol–water partition coefficient (Wildman–Crippen LogP) is 2.66. The minimum absolute atomic E-state index is 0.502. The molecule has 2 aliphatic rings. The van der Waals surface area contributed by atoms with Crippen LogP contribution >= 0.6 is 0 Å². The number of aromatic nitrogens is 4. The van der Waals surface area contributed by atoms with Gasteiger partial charge in [0.05, 0.1) is 13.2 Å². The number of morpholine rings is 1. The summed E-state index contributed by atoms with van der Waals surface area (Å²) in [7, 11) is 0. The molecule has 1 atom stereocenters. The van der Waals surface area contributed by atoms with E-state index in [4.69, 9.17) is 9.72 Å². The van der Waals surface area contributed by atoms with Gasteiger partial charge in [0.25, 0.3) is 0 Å². The van der Waals surface area contributed by atoms with Crippen molar-refractivity contribution < 1.29 is 4.74 Å². The molecule has 0 amide bonds. The quantitative estimate of drug-likeness (QED) is 0.522. The fraction of sp³-hybridized carbons (Fsp3) is 0.421. The normalized spacial score (nSPS) is 19.9. The van der Waals surface area contributed by atoms with Crippen LogP contribution in [0.15, 0.2) is 30.6 Å². The van der Waals surface area contributed by atoms with E-state index >= 15 is 0 Å². The van der Waals surface area contributed by atoms with E-state index in [1.807, 2.05) is 0 Å². The van der Waals surface area contributed by atoms with E-state index in [2.05, 4.69) is 54.8 Å². The summed E-state index contributed by atoms with van der Waals surface area (Å²) < 4.78 is 5.43. The van der Waals surface area contributed by atoms with Crippen LogP contribution in [-0.2, 0) is 4.74 Å². The van der Waals surface area contributed by atoms with E-state index in [0.29, 0.717) is 17.6 Å². The first kappa shape index (κ1) is 17.7. The van der Waals surface area contributed by atoms with Crippen molar-refractivity contribution in [3.8, 4) is 0 Å². The molecule has 0 aliphatic carbocycles. The molecule has 8 nitrogen and oxygen atoms in total. The van der Waals surface area contributed by atoms with Gasteiger partial charge in [0.1, 0.15) is 0 Å². The Labute approximate surface area is 169 Å². The van der Waals surface area contributed by atoms with Crippen LogP contribution in [0.3, 0.4) is 0 Å². The molecule has 9 heteroatoms. The average molecular weight is 444 g/mol. The molecule has 3 aromatic rings. The number of benzene rings is 1. The third-order valence-electron chi connectivity index (χ3n) is 5.06. The Balaban J connectivity index is 1.35. The fourth-order valence-corrected chi connectivity index (χ4v) is 5.96. The molecular formula is C19H23N7OSe. The number of H-pyrrole nitrogens is 1. The monoisotopic (exact) mass is 445 g/mol. The number of aromatic amines is 1. The molecule has 0 saturated carbocycles. The van der Waals surface area contributed by atoms with Crippen molar-refractivity contribution in [3.63, 3.8) is 0 Å². The topological polar surface area (TPSA) is 91.0 Å². The molecule has 0 radical (unpaired) electrons. The number of rotatable bonds is 5. The van der Waals surface area contributed by atoms with Crippen LogP contribution < -0.4 is 15.5 Å². The Morgan fingerprint density at radius 1 is 1.14 bits per heavy atom. The van der Waals surface area contributed by atoms with Gasteiger partial charge in [-0.3, -0.25) is 0 Å². The number of hydrogen-bond acceptors (Lipinski definition) is 7. The third-order valence-corrected chi connectivity index (χ3v) is 7.49.